The van der Waals surface area contributed by atoms with E-state index in [2.05, 4.69) is 4.90 Å². The minimum Gasteiger partial charge on any atom is -0.423 e. The maximum absolute atomic E-state index is 12.0. The highest BCUT2D eigenvalue weighted by molar-refractivity contribution is 5.91. The number of esters is 1. The Kier molecular flexibility index (Phi) is 7.35. The highest BCUT2D eigenvalue weighted by Gasteiger charge is 2.11. The first-order valence-corrected chi connectivity index (χ1v) is 7.16. The molecule has 0 heterocycles. The maximum Gasteiger partial charge on any atom is 0.343 e. The van der Waals surface area contributed by atoms with Crippen LogP contribution in [0, 0.1) is 10.1 Å². The molecule has 24 heavy (non-hydrogen) atoms. The highest BCUT2D eigenvalue weighted by Crippen LogP contribution is 2.17. The topological polar surface area (TPSA) is 72.7 Å². The molecular weight excluding hydrogens is 332 g/mol. The third kappa shape index (κ3) is 5.64. The summed E-state index contributed by atoms with van der Waals surface area (Å²) in [7, 11) is 4.03. The number of carbonyl (C=O) groups is 1. The molecule has 128 valence electrons. The third-order valence-corrected chi connectivity index (χ3v) is 3.30. The van der Waals surface area contributed by atoms with Crippen LogP contribution < -0.4 is 4.74 Å². The molecule has 2 rings (SSSR count). The van der Waals surface area contributed by atoms with E-state index in [0.29, 0.717) is 5.75 Å². The molecule has 0 saturated carbocycles. The van der Waals surface area contributed by atoms with E-state index in [-0.39, 0.29) is 23.7 Å². The first-order valence-electron chi connectivity index (χ1n) is 7.16. The lowest BCUT2D eigenvalue weighted by molar-refractivity contribution is -0.384. The summed E-state index contributed by atoms with van der Waals surface area (Å²) in [6.45, 7) is 0.946. The van der Waals surface area contributed by atoms with E-state index in [0.717, 1.165) is 18.5 Å². The van der Waals surface area contributed by atoms with Gasteiger partial charge in [0.05, 0.1) is 10.5 Å². The molecular formula is C17H19ClN2O4. The van der Waals surface area contributed by atoms with Crippen molar-refractivity contribution in [1.29, 1.82) is 0 Å². The van der Waals surface area contributed by atoms with Crippen molar-refractivity contribution in [3.8, 4) is 5.75 Å². The zero-order valence-electron chi connectivity index (χ0n) is 13.5. The Balaban J connectivity index is 0.00000288. The standard InChI is InChI=1S/C17H18N2O4.ClH/c1-18(2)12-11-13-3-9-16(10-4-13)23-17(20)14-5-7-15(8-6-14)19(21)22;/h3-10H,11-12H2,1-2H3;1H. The molecule has 0 amide bonds. The van der Waals surface area contributed by atoms with Crippen molar-refractivity contribution in [3.63, 3.8) is 0 Å². The molecule has 0 radical (unpaired) electrons. The number of benzene rings is 2. The summed E-state index contributed by atoms with van der Waals surface area (Å²) in [5.74, 6) is -0.0945. The van der Waals surface area contributed by atoms with Gasteiger partial charge in [-0.25, -0.2) is 4.79 Å². The monoisotopic (exact) mass is 350 g/mol. The summed E-state index contributed by atoms with van der Waals surface area (Å²) in [5.41, 5.74) is 1.37. The average Bonchev–Trinajstić information content (AvgIpc) is 2.54. The highest BCUT2D eigenvalue weighted by atomic mass is 35.5. The second-order valence-electron chi connectivity index (χ2n) is 5.39. The van der Waals surface area contributed by atoms with Gasteiger partial charge in [-0.05, 0) is 50.3 Å². The second-order valence-corrected chi connectivity index (χ2v) is 5.39. The fourth-order valence-electron chi connectivity index (χ4n) is 1.96. The van der Waals surface area contributed by atoms with E-state index in [9.17, 15) is 14.9 Å². The van der Waals surface area contributed by atoms with E-state index >= 15 is 0 Å². The van der Waals surface area contributed by atoms with Crippen LogP contribution in [0.15, 0.2) is 48.5 Å². The lowest BCUT2D eigenvalue weighted by Gasteiger charge is -2.09. The predicted octanol–water partition coefficient (Wildman–Crippen LogP) is 3.34. The van der Waals surface area contributed by atoms with Crippen LogP contribution in [0.25, 0.3) is 0 Å². The van der Waals surface area contributed by atoms with Crippen LogP contribution >= 0.6 is 12.4 Å². The first kappa shape index (κ1) is 19.6. The van der Waals surface area contributed by atoms with Gasteiger partial charge in [0.15, 0.2) is 0 Å². The molecule has 7 heteroatoms. The van der Waals surface area contributed by atoms with Gasteiger partial charge in [0.25, 0.3) is 5.69 Å². The van der Waals surface area contributed by atoms with Crippen LogP contribution in [-0.2, 0) is 6.42 Å². The molecule has 0 bridgehead atoms. The number of nitro groups is 1. The maximum atomic E-state index is 12.0. The Hall–Kier alpha value is -2.44. The summed E-state index contributed by atoms with van der Waals surface area (Å²) in [5, 5.41) is 10.6. The fraction of sp³-hybridized carbons (Fsp3) is 0.235. The molecule has 0 spiro atoms. The van der Waals surface area contributed by atoms with Gasteiger partial charge in [-0.2, -0.15) is 0 Å². The smallest absolute Gasteiger partial charge is 0.343 e. The summed E-state index contributed by atoms with van der Waals surface area (Å²) < 4.78 is 5.26. The zero-order chi connectivity index (χ0) is 16.8. The van der Waals surface area contributed by atoms with Crippen molar-refractivity contribution < 1.29 is 14.5 Å². The number of nitrogens with zero attached hydrogens (tertiary/aromatic N) is 2. The van der Waals surface area contributed by atoms with Gasteiger partial charge in [-0.1, -0.05) is 12.1 Å². The van der Waals surface area contributed by atoms with Crippen molar-refractivity contribution in [2.45, 2.75) is 6.42 Å². The van der Waals surface area contributed by atoms with E-state index in [1.807, 2.05) is 26.2 Å². The Morgan fingerprint density at radius 3 is 2.17 bits per heavy atom. The molecule has 6 nitrogen and oxygen atoms in total. The molecule has 0 aromatic heterocycles. The SMILES string of the molecule is CN(C)CCc1ccc(OC(=O)c2ccc([N+](=O)[O-])cc2)cc1.Cl. The number of hydrogen-bond acceptors (Lipinski definition) is 5. The van der Waals surface area contributed by atoms with Gasteiger partial charge in [0.1, 0.15) is 5.75 Å². The van der Waals surface area contributed by atoms with E-state index in [1.165, 1.54) is 24.3 Å². The number of halogens is 1. The van der Waals surface area contributed by atoms with Gasteiger partial charge in [-0.15, -0.1) is 12.4 Å². The number of nitro benzene ring substituents is 1. The average molecular weight is 351 g/mol. The van der Waals surface area contributed by atoms with Crippen LogP contribution in [-0.4, -0.2) is 36.4 Å². The van der Waals surface area contributed by atoms with Crippen LogP contribution in [0.2, 0.25) is 0 Å². The van der Waals surface area contributed by atoms with Crippen molar-refractivity contribution in [2.75, 3.05) is 20.6 Å². The molecule has 2 aromatic carbocycles. The van der Waals surface area contributed by atoms with Crippen molar-refractivity contribution in [1.82, 2.24) is 4.90 Å². The van der Waals surface area contributed by atoms with Gasteiger partial charge in [-0.3, -0.25) is 10.1 Å². The summed E-state index contributed by atoms with van der Waals surface area (Å²) in [4.78, 5) is 24.2. The molecule has 0 aliphatic carbocycles. The van der Waals surface area contributed by atoms with Crippen LogP contribution in [0.1, 0.15) is 15.9 Å². The van der Waals surface area contributed by atoms with E-state index in [1.54, 1.807) is 12.1 Å². The van der Waals surface area contributed by atoms with Crippen molar-refractivity contribution in [2.24, 2.45) is 0 Å². The number of non-ortho nitro benzene ring substituents is 1. The Bertz CT molecular complexity index is 685. The second kappa shape index (κ2) is 9.00. The van der Waals surface area contributed by atoms with Crippen molar-refractivity contribution >= 4 is 24.1 Å². The minimum absolute atomic E-state index is 0. The summed E-state index contributed by atoms with van der Waals surface area (Å²) in [6, 6.07) is 12.6. The number of carbonyl (C=O) groups excluding carboxylic acids is 1. The van der Waals surface area contributed by atoms with Crippen LogP contribution in [0.4, 0.5) is 5.69 Å². The van der Waals surface area contributed by atoms with Gasteiger partial charge < -0.3 is 9.64 Å². The summed E-state index contributed by atoms with van der Waals surface area (Å²) in [6.07, 6.45) is 0.920. The molecule has 0 aliphatic heterocycles. The Morgan fingerprint density at radius 1 is 1.08 bits per heavy atom. The Morgan fingerprint density at radius 2 is 1.67 bits per heavy atom. The van der Waals surface area contributed by atoms with Crippen LogP contribution in [0.3, 0.4) is 0 Å². The predicted molar refractivity (Wildman–Crippen MR) is 94.0 cm³/mol. The minimum atomic E-state index is -0.541. The largest absolute Gasteiger partial charge is 0.423 e. The Labute approximate surface area is 146 Å². The first-order chi connectivity index (χ1) is 11.0. The van der Waals surface area contributed by atoms with Gasteiger partial charge in [0, 0.05) is 18.7 Å². The zero-order valence-corrected chi connectivity index (χ0v) is 14.3. The fourth-order valence-corrected chi connectivity index (χ4v) is 1.96. The number of rotatable bonds is 6. The number of likely N-dealkylation sites (N-methyl/N-ethyl adjacent to an activating group) is 1. The molecule has 0 fully saturated rings. The van der Waals surface area contributed by atoms with E-state index in [4.69, 9.17) is 4.74 Å². The van der Waals surface area contributed by atoms with Gasteiger partial charge in [0.2, 0.25) is 0 Å². The molecule has 0 saturated heterocycles. The lowest BCUT2D eigenvalue weighted by Crippen LogP contribution is -2.15. The molecule has 0 N–H and O–H groups in total. The lowest BCUT2D eigenvalue weighted by atomic mass is 10.1. The molecule has 0 atom stereocenters. The van der Waals surface area contributed by atoms with Gasteiger partial charge >= 0.3 is 5.97 Å². The molecule has 0 unspecified atom stereocenters. The van der Waals surface area contributed by atoms with E-state index < -0.39 is 10.9 Å². The number of ether oxygens (including phenoxy) is 1. The molecule has 2 aromatic rings. The molecule has 0 aliphatic rings. The number of hydrogen-bond donors (Lipinski definition) is 0. The van der Waals surface area contributed by atoms with Crippen molar-refractivity contribution in [3.05, 3.63) is 69.8 Å². The quantitative estimate of drug-likeness (QED) is 0.346. The third-order valence-electron chi connectivity index (χ3n) is 3.30. The normalized spacial score (nSPS) is 10.1. The summed E-state index contributed by atoms with van der Waals surface area (Å²) >= 11 is 0. The van der Waals surface area contributed by atoms with Crippen LogP contribution in [0.5, 0.6) is 5.75 Å².